The number of alkyl halides is 1. The predicted molar refractivity (Wildman–Crippen MR) is 74.4 cm³/mol. The zero-order valence-electron chi connectivity index (χ0n) is 9.76. The van der Waals surface area contributed by atoms with Gasteiger partial charge >= 0.3 is 0 Å². The normalized spacial score (nSPS) is 25.6. The maximum Gasteiger partial charge on any atom is 0.142 e. The van der Waals surface area contributed by atoms with Crippen molar-refractivity contribution in [1.29, 1.82) is 0 Å². The molecule has 94 valence electrons. The highest BCUT2D eigenvalue weighted by Crippen LogP contribution is 2.30. The largest absolute Gasteiger partial charge is 0.205 e. The van der Waals surface area contributed by atoms with Gasteiger partial charge in [-0.25, -0.2) is 4.39 Å². The first-order valence-corrected chi connectivity index (χ1v) is 7.52. The van der Waals surface area contributed by atoms with Crippen LogP contribution in [-0.2, 0) is 6.42 Å². The Labute approximate surface area is 116 Å². The summed E-state index contributed by atoms with van der Waals surface area (Å²) in [6, 6.07) is 5.19. The average Bonchev–Trinajstić information content (AvgIpc) is 2.48. The van der Waals surface area contributed by atoms with Crippen LogP contribution in [0.5, 0.6) is 0 Å². The molecule has 2 unspecified atom stereocenters. The monoisotopic (exact) mass is 318 g/mol. The van der Waals surface area contributed by atoms with E-state index in [0.29, 0.717) is 10.7 Å². The van der Waals surface area contributed by atoms with Gasteiger partial charge in [-0.1, -0.05) is 52.9 Å². The fraction of sp³-hybridized carbons (Fsp3) is 0.571. The van der Waals surface area contributed by atoms with Crippen molar-refractivity contribution in [1.82, 2.24) is 0 Å². The third kappa shape index (κ3) is 3.96. The Morgan fingerprint density at radius 1 is 1.29 bits per heavy atom. The Bertz CT molecular complexity index is 380. The van der Waals surface area contributed by atoms with Gasteiger partial charge in [-0.2, -0.15) is 0 Å². The number of hydrogen-bond donors (Lipinski definition) is 0. The standard InChI is InChI=1S/C14H17BrClF/c15-12-4-2-1-3-10(8-12)7-11-5-6-13(16)14(17)9-11/h5-6,9-10,12H,1-4,7-8H2. The minimum absolute atomic E-state index is 0.216. The fourth-order valence-electron chi connectivity index (χ4n) is 2.58. The van der Waals surface area contributed by atoms with Gasteiger partial charge in [0.15, 0.2) is 0 Å². The minimum Gasteiger partial charge on any atom is -0.205 e. The molecule has 0 radical (unpaired) electrons. The molecule has 1 aromatic carbocycles. The number of hydrogen-bond acceptors (Lipinski definition) is 0. The molecule has 0 bridgehead atoms. The molecule has 17 heavy (non-hydrogen) atoms. The van der Waals surface area contributed by atoms with E-state index in [0.717, 1.165) is 12.0 Å². The van der Waals surface area contributed by atoms with Crippen LogP contribution in [0.2, 0.25) is 5.02 Å². The molecule has 1 fully saturated rings. The van der Waals surface area contributed by atoms with E-state index < -0.39 is 0 Å². The Kier molecular flexibility index (Phi) is 4.87. The van der Waals surface area contributed by atoms with Gasteiger partial charge in [0.25, 0.3) is 0 Å². The molecule has 0 amide bonds. The summed E-state index contributed by atoms with van der Waals surface area (Å²) in [6.45, 7) is 0. The van der Waals surface area contributed by atoms with Crippen LogP contribution in [0.15, 0.2) is 18.2 Å². The molecular weight excluding hydrogens is 303 g/mol. The van der Waals surface area contributed by atoms with Crippen molar-refractivity contribution in [3.63, 3.8) is 0 Å². The Hall–Kier alpha value is -0.0800. The van der Waals surface area contributed by atoms with Gasteiger partial charge in [-0.15, -0.1) is 0 Å². The molecule has 0 aliphatic heterocycles. The Morgan fingerprint density at radius 2 is 2.06 bits per heavy atom. The van der Waals surface area contributed by atoms with Crippen LogP contribution < -0.4 is 0 Å². The Morgan fingerprint density at radius 3 is 2.82 bits per heavy atom. The van der Waals surface area contributed by atoms with Crippen molar-refractivity contribution in [2.75, 3.05) is 0 Å². The number of halogens is 3. The van der Waals surface area contributed by atoms with E-state index >= 15 is 0 Å². The van der Waals surface area contributed by atoms with Crippen LogP contribution in [0.25, 0.3) is 0 Å². The molecule has 0 N–H and O–H groups in total. The molecule has 2 atom stereocenters. The lowest BCUT2D eigenvalue weighted by Gasteiger charge is -2.16. The van der Waals surface area contributed by atoms with E-state index in [2.05, 4.69) is 15.9 Å². The van der Waals surface area contributed by atoms with Gasteiger partial charge in [0.2, 0.25) is 0 Å². The van der Waals surface area contributed by atoms with Gasteiger partial charge in [0.05, 0.1) is 5.02 Å². The van der Waals surface area contributed by atoms with Crippen LogP contribution in [0.3, 0.4) is 0 Å². The van der Waals surface area contributed by atoms with Crippen LogP contribution in [-0.4, -0.2) is 4.83 Å². The summed E-state index contributed by atoms with van der Waals surface area (Å²) in [7, 11) is 0. The molecule has 1 aliphatic rings. The zero-order valence-corrected chi connectivity index (χ0v) is 12.1. The summed E-state index contributed by atoms with van der Waals surface area (Å²) in [6.07, 6.45) is 7.29. The summed E-state index contributed by atoms with van der Waals surface area (Å²) in [5.74, 6) is 0.371. The van der Waals surface area contributed by atoms with Crippen molar-refractivity contribution in [3.8, 4) is 0 Å². The lowest BCUT2D eigenvalue weighted by Crippen LogP contribution is -2.08. The highest BCUT2D eigenvalue weighted by molar-refractivity contribution is 9.09. The summed E-state index contributed by atoms with van der Waals surface area (Å²) < 4.78 is 13.3. The second-order valence-corrected chi connectivity index (χ2v) is 6.64. The van der Waals surface area contributed by atoms with Gasteiger partial charge in [0, 0.05) is 4.83 Å². The van der Waals surface area contributed by atoms with E-state index in [1.807, 2.05) is 6.07 Å². The Balaban J connectivity index is 2.01. The molecule has 1 aromatic rings. The maximum atomic E-state index is 13.3. The first-order valence-electron chi connectivity index (χ1n) is 6.23. The molecule has 1 aliphatic carbocycles. The van der Waals surface area contributed by atoms with Crippen molar-refractivity contribution in [2.45, 2.75) is 43.4 Å². The molecule has 0 aromatic heterocycles. The van der Waals surface area contributed by atoms with E-state index in [1.54, 1.807) is 12.1 Å². The molecule has 1 saturated carbocycles. The summed E-state index contributed by atoms with van der Waals surface area (Å²) in [4.78, 5) is 0.632. The number of benzene rings is 1. The molecule has 0 saturated heterocycles. The van der Waals surface area contributed by atoms with Crippen LogP contribution in [0, 0.1) is 11.7 Å². The highest BCUT2D eigenvalue weighted by atomic mass is 79.9. The third-order valence-corrected chi connectivity index (χ3v) is 4.62. The second kappa shape index (κ2) is 6.19. The van der Waals surface area contributed by atoms with Gasteiger partial charge in [-0.05, 0) is 42.9 Å². The van der Waals surface area contributed by atoms with Crippen molar-refractivity contribution in [2.24, 2.45) is 5.92 Å². The third-order valence-electron chi connectivity index (χ3n) is 3.48. The molecule has 3 heteroatoms. The van der Waals surface area contributed by atoms with Crippen molar-refractivity contribution >= 4 is 27.5 Å². The minimum atomic E-state index is -0.298. The number of rotatable bonds is 2. The molecular formula is C14H17BrClF. The van der Waals surface area contributed by atoms with Crippen molar-refractivity contribution < 1.29 is 4.39 Å². The van der Waals surface area contributed by atoms with E-state index in [1.165, 1.54) is 32.1 Å². The van der Waals surface area contributed by atoms with Gasteiger partial charge in [0.1, 0.15) is 5.82 Å². The highest BCUT2D eigenvalue weighted by Gasteiger charge is 2.18. The molecule has 0 heterocycles. The van der Waals surface area contributed by atoms with Crippen molar-refractivity contribution in [3.05, 3.63) is 34.6 Å². The zero-order chi connectivity index (χ0) is 12.3. The SMILES string of the molecule is Fc1cc(CC2CCCCC(Br)C2)ccc1Cl. The second-order valence-electron chi connectivity index (χ2n) is 4.94. The van der Waals surface area contributed by atoms with Gasteiger partial charge < -0.3 is 0 Å². The fourth-order valence-corrected chi connectivity index (χ4v) is 3.55. The first-order chi connectivity index (χ1) is 8.15. The molecule has 0 nitrogen and oxygen atoms in total. The van der Waals surface area contributed by atoms with E-state index in [-0.39, 0.29) is 10.8 Å². The summed E-state index contributed by atoms with van der Waals surface area (Å²) >= 11 is 9.41. The summed E-state index contributed by atoms with van der Waals surface area (Å²) in [5, 5.41) is 0.216. The van der Waals surface area contributed by atoms with Crippen LogP contribution in [0.4, 0.5) is 4.39 Å². The summed E-state index contributed by atoms with van der Waals surface area (Å²) in [5.41, 5.74) is 1.07. The average molecular weight is 320 g/mol. The first kappa shape index (κ1) is 13.4. The van der Waals surface area contributed by atoms with Gasteiger partial charge in [-0.3, -0.25) is 0 Å². The van der Waals surface area contributed by atoms with Crippen LogP contribution in [0.1, 0.15) is 37.7 Å². The lowest BCUT2D eigenvalue weighted by molar-refractivity contribution is 0.462. The van der Waals surface area contributed by atoms with E-state index in [4.69, 9.17) is 11.6 Å². The smallest absolute Gasteiger partial charge is 0.142 e. The lowest BCUT2D eigenvalue weighted by atomic mass is 9.92. The van der Waals surface area contributed by atoms with E-state index in [9.17, 15) is 4.39 Å². The molecule has 2 rings (SSSR count). The quantitative estimate of drug-likeness (QED) is 0.508. The predicted octanol–water partition coefficient (Wildman–Crippen LogP) is 5.37. The van der Waals surface area contributed by atoms with Crippen LogP contribution >= 0.6 is 27.5 Å². The topological polar surface area (TPSA) is 0 Å². The maximum absolute atomic E-state index is 13.3. The molecule has 0 spiro atoms.